The molecule has 1 N–H and O–H groups in total. The Morgan fingerprint density at radius 1 is 0.938 bits per heavy atom. The second-order valence-electron chi connectivity index (χ2n) is 7.97. The lowest BCUT2D eigenvalue weighted by molar-refractivity contribution is 0.571. The summed E-state index contributed by atoms with van der Waals surface area (Å²) in [5.41, 5.74) is 5.24. The van der Waals surface area contributed by atoms with Crippen molar-refractivity contribution in [1.82, 2.24) is 24.9 Å². The smallest absolute Gasteiger partial charge is 0.123 e. The molecular weight excluding hydrogens is 401 g/mol. The van der Waals surface area contributed by atoms with E-state index in [2.05, 4.69) is 66.7 Å². The van der Waals surface area contributed by atoms with Gasteiger partial charge in [-0.25, -0.2) is 13.8 Å². The van der Waals surface area contributed by atoms with E-state index in [-0.39, 0.29) is 11.9 Å². The molecule has 2 aromatic heterocycles. The number of hydrogen-bond donors (Lipinski definition) is 1. The molecule has 0 amide bonds. The summed E-state index contributed by atoms with van der Waals surface area (Å²) >= 11 is 0. The van der Waals surface area contributed by atoms with E-state index in [1.165, 1.54) is 22.9 Å². The molecule has 5 aromatic rings. The summed E-state index contributed by atoms with van der Waals surface area (Å²) in [6.45, 7) is 4.91. The maximum Gasteiger partial charge on any atom is 0.123 e. The van der Waals surface area contributed by atoms with Crippen LogP contribution in [0.4, 0.5) is 4.39 Å². The summed E-state index contributed by atoms with van der Waals surface area (Å²) in [7, 11) is 0. The standard InChI is InChI=1S/C26H24FN5/c1-18(28-14-20-15-29-31(17-20)23-12-10-22(27)11-13-23)25-16-30-32(19(25)2)26-9-5-7-21-6-3-4-8-24(21)26/h3-13,15-18,28H,14H2,1-2H3. The fourth-order valence-electron chi connectivity index (χ4n) is 4.05. The minimum atomic E-state index is -0.254. The minimum Gasteiger partial charge on any atom is -0.306 e. The van der Waals surface area contributed by atoms with E-state index in [1.54, 1.807) is 16.8 Å². The molecule has 3 aromatic carbocycles. The molecule has 5 nitrogen and oxygen atoms in total. The van der Waals surface area contributed by atoms with Crippen molar-refractivity contribution < 1.29 is 4.39 Å². The molecule has 1 unspecified atom stereocenters. The predicted molar refractivity (Wildman–Crippen MR) is 125 cm³/mol. The van der Waals surface area contributed by atoms with E-state index in [0.717, 1.165) is 28.2 Å². The van der Waals surface area contributed by atoms with Gasteiger partial charge in [-0.05, 0) is 49.6 Å². The van der Waals surface area contributed by atoms with Crippen molar-refractivity contribution in [2.75, 3.05) is 0 Å². The first-order valence-corrected chi connectivity index (χ1v) is 10.7. The highest BCUT2D eigenvalue weighted by molar-refractivity contribution is 5.90. The average Bonchev–Trinajstić information content (AvgIpc) is 3.44. The summed E-state index contributed by atoms with van der Waals surface area (Å²) < 4.78 is 16.9. The molecule has 160 valence electrons. The first-order chi connectivity index (χ1) is 15.6. The summed E-state index contributed by atoms with van der Waals surface area (Å²) in [5, 5.41) is 15.0. The Bertz CT molecular complexity index is 1360. The maximum atomic E-state index is 13.2. The van der Waals surface area contributed by atoms with E-state index in [4.69, 9.17) is 5.10 Å². The monoisotopic (exact) mass is 425 g/mol. The van der Waals surface area contributed by atoms with E-state index >= 15 is 0 Å². The molecule has 0 aliphatic heterocycles. The van der Waals surface area contributed by atoms with Gasteiger partial charge in [0.25, 0.3) is 0 Å². The zero-order valence-electron chi connectivity index (χ0n) is 18.0. The summed E-state index contributed by atoms with van der Waals surface area (Å²) in [5.74, 6) is -0.254. The molecule has 0 fully saturated rings. The highest BCUT2D eigenvalue weighted by Gasteiger charge is 2.15. The normalized spacial score (nSPS) is 12.3. The van der Waals surface area contributed by atoms with Crippen molar-refractivity contribution in [1.29, 1.82) is 0 Å². The van der Waals surface area contributed by atoms with Gasteiger partial charge in [0.15, 0.2) is 0 Å². The first-order valence-electron chi connectivity index (χ1n) is 10.7. The SMILES string of the molecule is Cc1c(C(C)NCc2cnn(-c3ccc(F)cc3)c2)cnn1-c1cccc2ccccc12. The molecule has 0 bridgehead atoms. The van der Waals surface area contributed by atoms with E-state index in [0.29, 0.717) is 6.54 Å². The molecule has 0 spiro atoms. The van der Waals surface area contributed by atoms with Gasteiger partial charge in [0.05, 0.1) is 23.8 Å². The van der Waals surface area contributed by atoms with E-state index < -0.39 is 0 Å². The van der Waals surface area contributed by atoms with Gasteiger partial charge in [0.1, 0.15) is 5.82 Å². The van der Waals surface area contributed by atoms with Crippen molar-refractivity contribution >= 4 is 10.8 Å². The van der Waals surface area contributed by atoms with Crippen molar-refractivity contribution in [3.05, 3.63) is 108 Å². The number of halogens is 1. The average molecular weight is 426 g/mol. The van der Waals surface area contributed by atoms with Crippen LogP contribution in [0.15, 0.2) is 85.3 Å². The van der Waals surface area contributed by atoms with Crippen LogP contribution >= 0.6 is 0 Å². The van der Waals surface area contributed by atoms with Crippen molar-refractivity contribution in [3.63, 3.8) is 0 Å². The number of nitrogens with one attached hydrogen (secondary N) is 1. The predicted octanol–water partition coefficient (Wildman–Crippen LogP) is 5.51. The zero-order chi connectivity index (χ0) is 22.1. The molecule has 0 radical (unpaired) electrons. The quantitative estimate of drug-likeness (QED) is 0.390. The number of benzene rings is 3. The molecule has 32 heavy (non-hydrogen) atoms. The first kappa shape index (κ1) is 20.2. The maximum absolute atomic E-state index is 13.2. The second kappa shape index (κ2) is 8.40. The Kier molecular flexibility index (Phi) is 5.29. The Labute approximate surface area is 186 Å². The lowest BCUT2D eigenvalue weighted by Gasteiger charge is -2.14. The van der Waals surface area contributed by atoms with Crippen LogP contribution in [0.5, 0.6) is 0 Å². The molecule has 1 atom stereocenters. The van der Waals surface area contributed by atoms with Crippen LogP contribution in [0.3, 0.4) is 0 Å². The molecule has 6 heteroatoms. The van der Waals surface area contributed by atoms with Crippen molar-refractivity contribution in [2.24, 2.45) is 0 Å². The topological polar surface area (TPSA) is 47.7 Å². The number of hydrogen-bond acceptors (Lipinski definition) is 3. The third-order valence-corrected chi connectivity index (χ3v) is 5.85. The van der Waals surface area contributed by atoms with Gasteiger partial charge in [-0.1, -0.05) is 36.4 Å². The van der Waals surface area contributed by atoms with Gasteiger partial charge in [-0.2, -0.15) is 10.2 Å². The summed E-state index contributed by atoms with van der Waals surface area (Å²) in [6.07, 6.45) is 5.73. The molecule has 2 heterocycles. The van der Waals surface area contributed by atoms with Crippen molar-refractivity contribution in [3.8, 4) is 11.4 Å². The van der Waals surface area contributed by atoms with E-state index in [9.17, 15) is 4.39 Å². The Morgan fingerprint density at radius 3 is 2.56 bits per heavy atom. The van der Waals surface area contributed by atoms with Gasteiger partial charge in [0.2, 0.25) is 0 Å². The molecule has 0 aliphatic rings. The van der Waals surface area contributed by atoms with Crippen LogP contribution in [0.1, 0.15) is 29.8 Å². The molecule has 0 saturated carbocycles. The van der Waals surface area contributed by atoms with Gasteiger partial charge in [-0.3, -0.25) is 0 Å². The van der Waals surface area contributed by atoms with Crippen LogP contribution in [-0.4, -0.2) is 19.6 Å². The minimum absolute atomic E-state index is 0.118. The van der Waals surface area contributed by atoms with Crippen LogP contribution in [0.25, 0.3) is 22.1 Å². The van der Waals surface area contributed by atoms with Crippen LogP contribution in [0, 0.1) is 12.7 Å². The number of fused-ring (bicyclic) bond motifs is 1. The number of aromatic nitrogens is 4. The van der Waals surface area contributed by atoms with Crippen LogP contribution in [0.2, 0.25) is 0 Å². The number of rotatable bonds is 6. The van der Waals surface area contributed by atoms with Crippen LogP contribution in [-0.2, 0) is 6.54 Å². The fraction of sp³-hybridized carbons (Fsp3) is 0.154. The van der Waals surface area contributed by atoms with Gasteiger partial charge >= 0.3 is 0 Å². The largest absolute Gasteiger partial charge is 0.306 e. The number of nitrogens with zero attached hydrogens (tertiary/aromatic N) is 4. The second-order valence-corrected chi connectivity index (χ2v) is 7.97. The molecular formula is C26H24FN5. The Morgan fingerprint density at radius 2 is 1.72 bits per heavy atom. The Balaban J connectivity index is 1.32. The van der Waals surface area contributed by atoms with Crippen LogP contribution < -0.4 is 5.32 Å². The Hall–Kier alpha value is -3.77. The third-order valence-electron chi connectivity index (χ3n) is 5.85. The highest BCUT2D eigenvalue weighted by Crippen LogP contribution is 2.26. The highest BCUT2D eigenvalue weighted by atomic mass is 19.1. The van der Waals surface area contributed by atoms with Gasteiger partial charge < -0.3 is 5.32 Å². The fourth-order valence-corrected chi connectivity index (χ4v) is 4.05. The van der Waals surface area contributed by atoms with Gasteiger partial charge in [-0.15, -0.1) is 0 Å². The van der Waals surface area contributed by atoms with E-state index in [1.807, 2.05) is 23.3 Å². The zero-order valence-corrected chi connectivity index (χ0v) is 18.0. The lowest BCUT2D eigenvalue weighted by Crippen LogP contribution is -2.18. The summed E-state index contributed by atoms with van der Waals surface area (Å²) in [4.78, 5) is 0. The van der Waals surface area contributed by atoms with Gasteiger partial charge in [0, 0.05) is 41.0 Å². The third kappa shape index (κ3) is 3.81. The molecule has 0 aliphatic carbocycles. The van der Waals surface area contributed by atoms with Crippen molar-refractivity contribution in [2.45, 2.75) is 26.4 Å². The summed E-state index contributed by atoms with van der Waals surface area (Å²) in [6, 6.07) is 21.1. The molecule has 5 rings (SSSR count). The lowest BCUT2D eigenvalue weighted by atomic mass is 10.1. The molecule has 0 saturated heterocycles.